The van der Waals surface area contributed by atoms with Crippen molar-refractivity contribution in [3.05, 3.63) is 65.5 Å². The third-order valence-electron chi connectivity index (χ3n) is 6.30. The maximum atomic E-state index is 9.62. The quantitative estimate of drug-likeness (QED) is 0.498. The first-order chi connectivity index (χ1) is 14.7. The number of aromatic nitrogens is 1. The van der Waals surface area contributed by atoms with E-state index < -0.39 is 0 Å². The molecular formula is C25H29N3OS. The van der Waals surface area contributed by atoms with Crippen LogP contribution in [0.5, 0.6) is 0 Å². The van der Waals surface area contributed by atoms with Gasteiger partial charge in [-0.15, -0.1) is 0 Å². The summed E-state index contributed by atoms with van der Waals surface area (Å²) in [4.78, 5) is 7.38. The fourth-order valence-corrected chi connectivity index (χ4v) is 4.80. The van der Waals surface area contributed by atoms with Gasteiger partial charge in [0.25, 0.3) is 0 Å². The lowest BCUT2D eigenvalue weighted by molar-refractivity contribution is 0.215. The summed E-state index contributed by atoms with van der Waals surface area (Å²) in [5.74, 6) is 0.736. The number of likely N-dealkylation sites (tertiary alicyclic amines) is 1. The summed E-state index contributed by atoms with van der Waals surface area (Å²) in [6.07, 6.45) is 5.41. The molecule has 2 aromatic carbocycles. The predicted molar refractivity (Wildman–Crippen MR) is 124 cm³/mol. The number of oxazole rings is 1. The summed E-state index contributed by atoms with van der Waals surface area (Å²) in [6, 6.07) is 19.3. The minimum absolute atomic E-state index is 0.152. The van der Waals surface area contributed by atoms with Gasteiger partial charge in [-0.1, -0.05) is 49.4 Å². The second-order valence-corrected chi connectivity index (χ2v) is 9.36. The van der Waals surface area contributed by atoms with Gasteiger partial charge >= 0.3 is 0 Å². The van der Waals surface area contributed by atoms with Crippen molar-refractivity contribution >= 4 is 22.9 Å². The number of hydrogen-bond acceptors (Lipinski definition) is 5. The number of para-hydroxylation sites is 1. The van der Waals surface area contributed by atoms with Gasteiger partial charge < -0.3 is 9.32 Å². The lowest BCUT2D eigenvalue weighted by Gasteiger charge is -2.32. The molecule has 0 saturated carbocycles. The zero-order chi connectivity index (χ0) is 20.9. The predicted octanol–water partition coefficient (Wildman–Crippen LogP) is 5.61. The van der Waals surface area contributed by atoms with Crippen LogP contribution < -0.4 is 0 Å². The number of piperidine rings is 1. The molecule has 0 radical (unpaired) electrons. The zero-order valence-electron chi connectivity index (χ0n) is 17.8. The monoisotopic (exact) mass is 419 g/mol. The third-order valence-corrected chi connectivity index (χ3v) is 7.32. The molecule has 1 saturated heterocycles. The second kappa shape index (κ2) is 9.68. The van der Waals surface area contributed by atoms with Crippen molar-refractivity contribution in [2.75, 3.05) is 25.9 Å². The van der Waals surface area contributed by atoms with Gasteiger partial charge in [0.15, 0.2) is 5.58 Å². The van der Waals surface area contributed by atoms with Crippen molar-refractivity contribution in [2.45, 2.75) is 43.3 Å². The van der Waals surface area contributed by atoms with Crippen LogP contribution in [0.3, 0.4) is 0 Å². The normalized spacial score (nSPS) is 17.6. The lowest BCUT2D eigenvalue weighted by atomic mass is 9.88. The smallest absolute Gasteiger partial charge is 0.213 e. The van der Waals surface area contributed by atoms with Crippen molar-refractivity contribution in [3.8, 4) is 6.07 Å². The molecule has 1 aliphatic rings. The molecule has 2 unspecified atom stereocenters. The van der Waals surface area contributed by atoms with Gasteiger partial charge in [0.2, 0.25) is 5.89 Å². The molecule has 5 heteroatoms. The van der Waals surface area contributed by atoms with E-state index in [2.05, 4.69) is 60.4 Å². The van der Waals surface area contributed by atoms with Gasteiger partial charge in [-0.05, 0) is 61.7 Å². The van der Waals surface area contributed by atoms with Crippen LogP contribution in [0.4, 0.5) is 0 Å². The summed E-state index contributed by atoms with van der Waals surface area (Å²) in [7, 11) is 0. The number of nitriles is 1. The minimum atomic E-state index is -0.319. The third kappa shape index (κ3) is 4.55. The molecule has 0 N–H and O–H groups in total. The van der Waals surface area contributed by atoms with E-state index in [0.717, 1.165) is 50.0 Å². The first kappa shape index (κ1) is 21.0. The van der Waals surface area contributed by atoms with Crippen molar-refractivity contribution in [3.63, 3.8) is 0 Å². The first-order valence-electron chi connectivity index (χ1n) is 10.8. The molecule has 1 fully saturated rings. The molecule has 2 atom stereocenters. The Balaban J connectivity index is 1.44. The fourth-order valence-electron chi connectivity index (χ4n) is 4.35. The van der Waals surface area contributed by atoms with Crippen LogP contribution in [0.1, 0.15) is 48.6 Å². The average Bonchev–Trinajstić information content (AvgIpc) is 3.23. The highest BCUT2D eigenvalue weighted by Crippen LogP contribution is 2.35. The number of benzene rings is 2. The van der Waals surface area contributed by atoms with Crippen LogP contribution in [0, 0.1) is 11.3 Å². The average molecular weight is 420 g/mol. The van der Waals surface area contributed by atoms with E-state index in [1.165, 1.54) is 11.1 Å². The zero-order valence-corrected chi connectivity index (χ0v) is 18.6. The van der Waals surface area contributed by atoms with Gasteiger partial charge in [0, 0.05) is 11.8 Å². The van der Waals surface area contributed by atoms with Crippen molar-refractivity contribution in [1.82, 2.24) is 9.88 Å². The molecule has 0 spiro atoms. The van der Waals surface area contributed by atoms with E-state index in [4.69, 9.17) is 9.40 Å². The standard InChI is InChI=1S/C25H29N3OS/c1-18(30-2)22(17-26)25-27-24-21(9-6-10-23(24)29-25)20-12-15-28(16-13-20)14-11-19-7-4-3-5-8-19/h3-10,18,20,22H,11-16H2,1-2H3. The minimum Gasteiger partial charge on any atom is -0.439 e. The SMILES string of the molecule is CSC(C)C(C#N)c1nc2c(C3CCN(CCc4ccccc4)CC3)cccc2o1. The lowest BCUT2D eigenvalue weighted by Crippen LogP contribution is -2.34. The molecule has 4 rings (SSSR count). The van der Waals surface area contributed by atoms with E-state index in [9.17, 15) is 5.26 Å². The maximum absolute atomic E-state index is 9.62. The van der Waals surface area contributed by atoms with Crippen molar-refractivity contribution in [1.29, 1.82) is 5.26 Å². The highest BCUT2D eigenvalue weighted by molar-refractivity contribution is 7.99. The van der Waals surface area contributed by atoms with E-state index in [1.54, 1.807) is 11.8 Å². The Kier molecular flexibility index (Phi) is 6.76. The molecule has 3 aromatic rings. The summed E-state index contributed by atoms with van der Waals surface area (Å²) in [5, 5.41) is 9.77. The highest BCUT2D eigenvalue weighted by atomic mass is 32.2. The molecule has 4 nitrogen and oxygen atoms in total. The van der Waals surface area contributed by atoms with Crippen LogP contribution >= 0.6 is 11.8 Å². The maximum Gasteiger partial charge on any atom is 0.213 e. The van der Waals surface area contributed by atoms with Gasteiger partial charge in [-0.2, -0.15) is 17.0 Å². The molecule has 1 aliphatic heterocycles. The highest BCUT2D eigenvalue weighted by Gasteiger charge is 2.27. The summed E-state index contributed by atoms with van der Waals surface area (Å²) in [6.45, 7) is 5.40. The van der Waals surface area contributed by atoms with Crippen molar-refractivity contribution < 1.29 is 4.42 Å². The van der Waals surface area contributed by atoms with E-state index in [0.29, 0.717) is 11.8 Å². The second-order valence-electron chi connectivity index (χ2n) is 8.15. The number of fused-ring (bicyclic) bond motifs is 1. The van der Waals surface area contributed by atoms with Crippen LogP contribution in [0.25, 0.3) is 11.1 Å². The topological polar surface area (TPSA) is 53.1 Å². The largest absolute Gasteiger partial charge is 0.439 e. The van der Waals surface area contributed by atoms with Gasteiger partial charge in [-0.25, -0.2) is 4.98 Å². The summed E-state index contributed by atoms with van der Waals surface area (Å²) < 4.78 is 6.03. The van der Waals surface area contributed by atoms with Gasteiger partial charge in [0.1, 0.15) is 11.4 Å². The van der Waals surface area contributed by atoms with E-state index in [-0.39, 0.29) is 11.2 Å². The molecule has 1 aromatic heterocycles. The Hall–Kier alpha value is -2.29. The molecule has 30 heavy (non-hydrogen) atoms. The Bertz CT molecular complexity index is 1000. The van der Waals surface area contributed by atoms with E-state index in [1.807, 2.05) is 12.3 Å². The van der Waals surface area contributed by atoms with Crippen LogP contribution in [0.15, 0.2) is 52.9 Å². The Morgan fingerprint density at radius 1 is 1.17 bits per heavy atom. The van der Waals surface area contributed by atoms with Crippen molar-refractivity contribution in [2.24, 2.45) is 0 Å². The molecule has 156 valence electrons. The molecule has 0 bridgehead atoms. The van der Waals surface area contributed by atoms with Crippen LogP contribution in [-0.2, 0) is 6.42 Å². The Morgan fingerprint density at radius 3 is 2.63 bits per heavy atom. The Morgan fingerprint density at radius 2 is 1.93 bits per heavy atom. The van der Waals surface area contributed by atoms with Gasteiger partial charge in [0.05, 0.1) is 6.07 Å². The van der Waals surface area contributed by atoms with Gasteiger partial charge in [-0.3, -0.25) is 0 Å². The number of thioether (sulfide) groups is 1. The molecule has 0 amide bonds. The van der Waals surface area contributed by atoms with E-state index >= 15 is 0 Å². The fraction of sp³-hybridized carbons (Fsp3) is 0.440. The number of hydrogen-bond donors (Lipinski definition) is 0. The first-order valence-corrected chi connectivity index (χ1v) is 12.1. The molecule has 0 aliphatic carbocycles. The number of nitrogens with zero attached hydrogens (tertiary/aromatic N) is 3. The van der Waals surface area contributed by atoms with Crippen LogP contribution in [0.2, 0.25) is 0 Å². The summed E-state index contributed by atoms with van der Waals surface area (Å²) in [5.41, 5.74) is 4.44. The number of rotatable bonds is 7. The Labute approximate surface area is 183 Å². The van der Waals surface area contributed by atoms with Crippen LogP contribution in [-0.4, -0.2) is 41.0 Å². The molecular weight excluding hydrogens is 390 g/mol. The summed E-state index contributed by atoms with van der Waals surface area (Å²) >= 11 is 1.67. The molecule has 2 heterocycles.